The number of imide groups is 1. The molecule has 0 spiro atoms. The van der Waals surface area contributed by atoms with Crippen LogP contribution in [0.4, 0.5) is 16.2 Å². The Kier molecular flexibility index (Phi) is 7.21. The number of amides is 4. The quantitative estimate of drug-likeness (QED) is 0.397. The van der Waals surface area contributed by atoms with Crippen LogP contribution in [0.3, 0.4) is 0 Å². The molecule has 1 aliphatic heterocycles. The van der Waals surface area contributed by atoms with Gasteiger partial charge >= 0.3 is 12.0 Å². The van der Waals surface area contributed by atoms with E-state index in [2.05, 4.69) is 10.1 Å². The van der Waals surface area contributed by atoms with Gasteiger partial charge in [-0.15, -0.1) is 0 Å². The Morgan fingerprint density at radius 2 is 1.51 bits per heavy atom. The fourth-order valence-electron chi connectivity index (χ4n) is 3.99. The van der Waals surface area contributed by atoms with Gasteiger partial charge in [0.15, 0.2) is 0 Å². The number of methoxy groups -OCH3 is 1. The van der Waals surface area contributed by atoms with Crippen LogP contribution >= 0.6 is 0 Å². The number of anilines is 2. The maximum atomic E-state index is 13.3. The highest BCUT2D eigenvalue weighted by atomic mass is 16.5. The molecule has 1 N–H and O–H groups in total. The Balaban J connectivity index is 1.51. The van der Waals surface area contributed by atoms with E-state index in [1.165, 1.54) is 24.1 Å². The fourth-order valence-corrected chi connectivity index (χ4v) is 3.99. The first-order valence-corrected chi connectivity index (χ1v) is 11.2. The molecular weight excluding hydrogens is 446 g/mol. The fraction of sp³-hybridized carbons (Fsp3) is 0.185. The maximum Gasteiger partial charge on any atom is 0.337 e. The number of urea groups is 1. The number of hydrogen-bond acceptors (Lipinski definition) is 5. The maximum absolute atomic E-state index is 13.3. The Bertz CT molecular complexity index is 1210. The molecule has 1 saturated heterocycles. The summed E-state index contributed by atoms with van der Waals surface area (Å²) in [6.07, 6.45) is 0.358. The number of hydrogen-bond donors (Lipinski definition) is 1. The third kappa shape index (κ3) is 5.38. The van der Waals surface area contributed by atoms with Crippen molar-refractivity contribution in [2.24, 2.45) is 0 Å². The predicted octanol–water partition coefficient (Wildman–Crippen LogP) is 3.88. The standard InChI is InChI=1S/C27H25N3O5/c1-35-26(33)20-12-14-21(15-13-20)28-24(31)18-23-25(32)30(22-10-6-3-7-11-22)27(34)29(23)17-16-19-8-4-2-5-9-19/h2-15,23H,16-18H2,1H3,(H,28,31). The number of esters is 1. The van der Waals surface area contributed by atoms with Gasteiger partial charge in [0.05, 0.1) is 24.8 Å². The molecular formula is C27H25N3O5. The molecule has 1 fully saturated rings. The van der Waals surface area contributed by atoms with E-state index in [4.69, 9.17) is 0 Å². The summed E-state index contributed by atoms with van der Waals surface area (Å²) in [6, 6.07) is 23.2. The zero-order chi connectivity index (χ0) is 24.8. The SMILES string of the molecule is COC(=O)c1ccc(NC(=O)CC2C(=O)N(c3ccccc3)C(=O)N2CCc2ccccc2)cc1. The molecule has 0 saturated carbocycles. The smallest absolute Gasteiger partial charge is 0.337 e. The summed E-state index contributed by atoms with van der Waals surface area (Å²) in [4.78, 5) is 53.6. The summed E-state index contributed by atoms with van der Waals surface area (Å²) in [5.41, 5.74) is 2.32. The Hall–Kier alpha value is -4.46. The third-order valence-electron chi connectivity index (χ3n) is 5.79. The Labute approximate surface area is 203 Å². The number of nitrogens with zero attached hydrogens (tertiary/aromatic N) is 2. The van der Waals surface area contributed by atoms with Crippen molar-refractivity contribution < 1.29 is 23.9 Å². The minimum Gasteiger partial charge on any atom is -0.465 e. The average Bonchev–Trinajstić information content (AvgIpc) is 3.12. The monoisotopic (exact) mass is 471 g/mol. The van der Waals surface area contributed by atoms with Crippen molar-refractivity contribution in [2.45, 2.75) is 18.9 Å². The van der Waals surface area contributed by atoms with Gasteiger partial charge in [-0.2, -0.15) is 0 Å². The van der Waals surface area contributed by atoms with Crippen molar-refractivity contribution in [2.75, 3.05) is 23.9 Å². The molecule has 0 radical (unpaired) electrons. The second-order valence-corrected chi connectivity index (χ2v) is 8.06. The molecule has 4 amide bonds. The van der Waals surface area contributed by atoms with Crippen LogP contribution in [-0.4, -0.2) is 48.4 Å². The summed E-state index contributed by atoms with van der Waals surface area (Å²) in [6.45, 7) is 0.295. The number of carbonyl (C=O) groups excluding carboxylic acids is 4. The molecule has 0 bridgehead atoms. The van der Waals surface area contributed by atoms with E-state index in [9.17, 15) is 19.2 Å². The number of ether oxygens (including phenoxy) is 1. The highest BCUT2D eigenvalue weighted by molar-refractivity contribution is 6.22. The molecule has 1 aliphatic rings. The van der Waals surface area contributed by atoms with Gasteiger partial charge in [-0.05, 0) is 48.4 Å². The molecule has 1 heterocycles. The van der Waals surface area contributed by atoms with Gasteiger partial charge in [0.2, 0.25) is 5.91 Å². The molecule has 1 unspecified atom stereocenters. The summed E-state index contributed by atoms with van der Waals surface area (Å²) in [5, 5.41) is 2.74. The van der Waals surface area contributed by atoms with E-state index >= 15 is 0 Å². The highest BCUT2D eigenvalue weighted by Crippen LogP contribution is 2.27. The first-order chi connectivity index (χ1) is 17.0. The van der Waals surface area contributed by atoms with Gasteiger partial charge in [-0.3, -0.25) is 9.59 Å². The number of benzene rings is 3. The summed E-state index contributed by atoms with van der Waals surface area (Å²) >= 11 is 0. The minimum atomic E-state index is -0.930. The normalized spacial score (nSPS) is 15.3. The molecule has 0 aliphatic carbocycles. The molecule has 3 aromatic carbocycles. The summed E-state index contributed by atoms with van der Waals surface area (Å²) in [5.74, 6) is -1.33. The molecule has 1 atom stereocenters. The lowest BCUT2D eigenvalue weighted by Crippen LogP contribution is -2.39. The zero-order valence-electron chi connectivity index (χ0n) is 19.2. The van der Waals surface area contributed by atoms with E-state index in [0.29, 0.717) is 29.9 Å². The molecule has 178 valence electrons. The van der Waals surface area contributed by atoms with Crippen LogP contribution in [0.1, 0.15) is 22.3 Å². The molecule has 8 nitrogen and oxygen atoms in total. The van der Waals surface area contributed by atoms with Crippen molar-refractivity contribution >= 4 is 35.2 Å². The second kappa shape index (κ2) is 10.6. The Morgan fingerprint density at radius 3 is 2.14 bits per heavy atom. The van der Waals surface area contributed by atoms with Crippen molar-refractivity contribution in [3.8, 4) is 0 Å². The first-order valence-electron chi connectivity index (χ1n) is 11.2. The molecule has 35 heavy (non-hydrogen) atoms. The first kappa shape index (κ1) is 23.7. The zero-order valence-corrected chi connectivity index (χ0v) is 19.2. The molecule has 4 rings (SSSR count). The van der Waals surface area contributed by atoms with Gasteiger partial charge in [-0.25, -0.2) is 14.5 Å². The molecule has 3 aromatic rings. The van der Waals surface area contributed by atoms with E-state index in [-0.39, 0.29) is 6.42 Å². The van der Waals surface area contributed by atoms with Gasteiger partial charge < -0.3 is 15.0 Å². The van der Waals surface area contributed by atoms with Crippen LogP contribution in [-0.2, 0) is 20.7 Å². The van der Waals surface area contributed by atoms with Crippen LogP contribution in [0.5, 0.6) is 0 Å². The number of rotatable bonds is 8. The lowest BCUT2D eigenvalue weighted by Gasteiger charge is -2.21. The van der Waals surface area contributed by atoms with E-state index in [0.717, 1.165) is 10.5 Å². The van der Waals surface area contributed by atoms with Crippen LogP contribution in [0.2, 0.25) is 0 Å². The number of nitrogens with one attached hydrogen (secondary N) is 1. The Morgan fingerprint density at radius 1 is 0.886 bits per heavy atom. The van der Waals surface area contributed by atoms with Gasteiger partial charge in [0.1, 0.15) is 6.04 Å². The van der Waals surface area contributed by atoms with Crippen molar-refractivity contribution in [3.05, 3.63) is 96.1 Å². The summed E-state index contributed by atoms with van der Waals surface area (Å²) < 4.78 is 4.68. The van der Waals surface area contributed by atoms with Gasteiger partial charge in [-0.1, -0.05) is 48.5 Å². The number of carbonyl (C=O) groups is 4. The van der Waals surface area contributed by atoms with E-state index in [1.807, 2.05) is 30.3 Å². The molecule has 8 heteroatoms. The van der Waals surface area contributed by atoms with Gasteiger partial charge in [0.25, 0.3) is 5.91 Å². The van der Waals surface area contributed by atoms with Crippen molar-refractivity contribution in [1.29, 1.82) is 0 Å². The van der Waals surface area contributed by atoms with E-state index in [1.54, 1.807) is 42.5 Å². The van der Waals surface area contributed by atoms with E-state index < -0.39 is 29.9 Å². The summed E-state index contributed by atoms with van der Waals surface area (Å²) in [7, 11) is 1.29. The third-order valence-corrected chi connectivity index (χ3v) is 5.79. The van der Waals surface area contributed by atoms with Crippen molar-refractivity contribution in [1.82, 2.24) is 4.90 Å². The minimum absolute atomic E-state index is 0.193. The lowest BCUT2D eigenvalue weighted by molar-refractivity contribution is -0.124. The van der Waals surface area contributed by atoms with Crippen LogP contribution in [0.15, 0.2) is 84.9 Å². The van der Waals surface area contributed by atoms with Crippen LogP contribution in [0.25, 0.3) is 0 Å². The van der Waals surface area contributed by atoms with Crippen LogP contribution < -0.4 is 10.2 Å². The van der Waals surface area contributed by atoms with Gasteiger partial charge in [0, 0.05) is 12.2 Å². The average molecular weight is 472 g/mol. The predicted molar refractivity (Wildman–Crippen MR) is 131 cm³/mol. The number of para-hydroxylation sites is 1. The molecule has 0 aromatic heterocycles. The highest BCUT2D eigenvalue weighted by Gasteiger charge is 2.46. The largest absolute Gasteiger partial charge is 0.465 e. The topological polar surface area (TPSA) is 96.0 Å². The van der Waals surface area contributed by atoms with Crippen LogP contribution in [0, 0.1) is 0 Å². The lowest BCUT2D eigenvalue weighted by atomic mass is 10.1. The van der Waals surface area contributed by atoms with Crippen molar-refractivity contribution in [3.63, 3.8) is 0 Å². The second-order valence-electron chi connectivity index (χ2n) is 8.06.